The summed E-state index contributed by atoms with van der Waals surface area (Å²) in [5, 5.41) is 4.13. The van der Waals surface area contributed by atoms with E-state index in [-0.39, 0.29) is 0 Å². The van der Waals surface area contributed by atoms with Gasteiger partial charge in [-0.1, -0.05) is 13.3 Å². The minimum Gasteiger partial charge on any atom is -0.748 e. The molecule has 0 fully saturated rings. The first-order valence-corrected chi connectivity index (χ1v) is 6.43. The van der Waals surface area contributed by atoms with Crippen molar-refractivity contribution in [3.8, 4) is 0 Å². The van der Waals surface area contributed by atoms with Crippen molar-refractivity contribution in [3.63, 3.8) is 0 Å². The van der Waals surface area contributed by atoms with Crippen LogP contribution in [0.1, 0.15) is 19.8 Å². The molecule has 1 heterocycles. The molecule has 0 saturated carbocycles. The van der Waals surface area contributed by atoms with Crippen LogP contribution in [0.2, 0.25) is 0 Å². The van der Waals surface area contributed by atoms with E-state index in [0.717, 1.165) is 6.54 Å². The molecule has 15 heavy (non-hydrogen) atoms. The molecule has 0 radical (unpaired) electrons. The van der Waals surface area contributed by atoms with Crippen LogP contribution >= 0.6 is 0 Å². The standard InChI is InChI=1S/C7H14N3.CH4O3S/c1-3-4-5-10-7-9(2)6-8-10;1-5(2,3)4/h6-7H,3-5H2,1-2H3;1H3,(H,2,3,4)/q+1;/p-1. The first kappa shape index (κ1) is 14.1. The number of aromatic nitrogens is 3. The molecule has 6 nitrogen and oxygen atoms in total. The Labute approximate surface area is 90.3 Å². The van der Waals surface area contributed by atoms with Gasteiger partial charge in [0.15, 0.2) is 0 Å². The molecule has 0 aliphatic rings. The minimum atomic E-state index is -3.92. The van der Waals surface area contributed by atoms with Gasteiger partial charge in [-0.25, -0.2) is 13.0 Å². The molecular formula is C8H17N3O3S. The molecule has 1 aromatic heterocycles. The molecule has 1 rings (SSSR count). The molecule has 88 valence electrons. The lowest BCUT2D eigenvalue weighted by Crippen LogP contribution is -2.23. The van der Waals surface area contributed by atoms with E-state index in [2.05, 4.69) is 12.0 Å². The summed E-state index contributed by atoms with van der Waals surface area (Å²) in [6.45, 7) is 3.22. The van der Waals surface area contributed by atoms with Crippen molar-refractivity contribution >= 4 is 10.1 Å². The fraction of sp³-hybridized carbons (Fsp3) is 0.750. The first-order chi connectivity index (χ1) is 6.83. The molecule has 0 aromatic carbocycles. The van der Waals surface area contributed by atoms with E-state index in [1.165, 1.54) is 12.8 Å². The second-order valence-corrected chi connectivity index (χ2v) is 4.64. The lowest BCUT2D eigenvalue weighted by molar-refractivity contribution is -0.672. The van der Waals surface area contributed by atoms with Gasteiger partial charge in [-0.15, -0.1) is 4.68 Å². The van der Waals surface area contributed by atoms with E-state index in [0.29, 0.717) is 6.26 Å². The average molecular weight is 235 g/mol. The van der Waals surface area contributed by atoms with Crippen molar-refractivity contribution < 1.29 is 17.5 Å². The second kappa shape index (κ2) is 6.52. The summed E-state index contributed by atoms with van der Waals surface area (Å²) in [7, 11) is -1.94. The van der Waals surface area contributed by atoms with Crippen molar-refractivity contribution in [2.45, 2.75) is 26.3 Å². The maximum absolute atomic E-state index is 9.08. The monoisotopic (exact) mass is 235 g/mol. The van der Waals surface area contributed by atoms with Crippen LogP contribution in [-0.2, 0) is 23.7 Å². The van der Waals surface area contributed by atoms with Crippen LogP contribution in [0.25, 0.3) is 0 Å². The molecular weight excluding hydrogens is 218 g/mol. The molecule has 0 atom stereocenters. The minimum absolute atomic E-state index is 0.604. The van der Waals surface area contributed by atoms with Gasteiger partial charge in [-0.3, -0.25) is 0 Å². The normalized spacial score (nSPS) is 10.7. The highest BCUT2D eigenvalue weighted by Crippen LogP contribution is 1.89. The maximum atomic E-state index is 9.08. The van der Waals surface area contributed by atoms with Crippen molar-refractivity contribution in [1.29, 1.82) is 0 Å². The molecule has 0 aliphatic heterocycles. The number of unbranched alkanes of at least 4 members (excludes halogenated alkanes) is 1. The van der Waals surface area contributed by atoms with Gasteiger partial charge in [-0.05, 0) is 6.42 Å². The Morgan fingerprint density at radius 1 is 1.53 bits per heavy atom. The fourth-order valence-electron chi connectivity index (χ4n) is 0.853. The molecule has 0 unspecified atom stereocenters. The molecule has 0 amide bonds. The molecule has 0 N–H and O–H groups in total. The Morgan fingerprint density at radius 3 is 2.40 bits per heavy atom. The van der Waals surface area contributed by atoms with Gasteiger partial charge in [0.2, 0.25) is 6.33 Å². The molecule has 7 heteroatoms. The van der Waals surface area contributed by atoms with Gasteiger partial charge >= 0.3 is 0 Å². The van der Waals surface area contributed by atoms with Crippen molar-refractivity contribution in [3.05, 3.63) is 12.7 Å². The third-order valence-corrected chi connectivity index (χ3v) is 1.44. The predicted octanol–water partition coefficient (Wildman–Crippen LogP) is -0.331. The Hall–Kier alpha value is -0.950. The summed E-state index contributed by atoms with van der Waals surface area (Å²) < 4.78 is 31.1. The number of rotatable bonds is 3. The summed E-state index contributed by atoms with van der Waals surface area (Å²) in [5.74, 6) is 0. The van der Waals surface area contributed by atoms with E-state index in [4.69, 9.17) is 13.0 Å². The molecule has 1 aromatic rings. The highest BCUT2D eigenvalue weighted by atomic mass is 32.2. The fourth-order valence-corrected chi connectivity index (χ4v) is 0.853. The zero-order valence-electron chi connectivity index (χ0n) is 9.25. The highest BCUT2D eigenvalue weighted by molar-refractivity contribution is 7.84. The third-order valence-electron chi connectivity index (χ3n) is 1.44. The first-order valence-electron chi connectivity index (χ1n) is 4.61. The van der Waals surface area contributed by atoms with Crippen LogP contribution < -0.4 is 4.57 Å². The van der Waals surface area contributed by atoms with Gasteiger partial charge in [0, 0.05) is 11.4 Å². The summed E-state index contributed by atoms with van der Waals surface area (Å²) in [4.78, 5) is 0. The Bertz CT molecular complexity index is 364. The van der Waals surface area contributed by atoms with Gasteiger partial charge in [0.25, 0.3) is 6.33 Å². The smallest absolute Gasteiger partial charge is 0.264 e. The average Bonchev–Trinajstić information content (AvgIpc) is 2.45. The van der Waals surface area contributed by atoms with Gasteiger partial charge in [0.1, 0.15) is 6.54 Å². The summed E-state index contributed by atoms with van der Waals surface area (Å²) >= 11 is 0. The molecule has 0 saturated heterocycles. The number of hydrogen-bond acceptors (Lipinski definition) is 4. The molecule has 0 bridgehead atoms. The van der Waals surface area contributed by atoms with Crippen molar-refractivity contribution in [2.75, 3.05) is 6.26 Å². The van der Waals surface area contributed by atoms with Crippen LogP contribution in [0.15, 0.2) is 12.7 Å². The van der Waals surface area contributed by atoms with Crippen molar-refractivity contribution in [1.82, 2.24) is 9.78 Å². The zero-order valence-corrected chi connectivity index (χ0v) is 10.1. The Kier molecular flexibility index (Phi) is 6.11. The summed E-state index contributed by atoms with van der Waals surface area (Å²) in [5.41, 5.74) is 0. The zero-order chi connectivity index (χ0) is 11.9. The van der Waals surface area contributed by atoms with E-state index in [1.54, 1.807) is 0 Å². The molecule has 0 aliphatic carbocycles. The lowest BCUT2D eigenvalue weighted by Gasteiger charge is -1.90. The quantitative estimate of drug-likeness (QED) is 0.531. The predicted molar refractivity (Wildman–Crippen MR) is 53.9 cm³/mol. The lowest BCUT2D eigenvalue weighted by atomic mass is 10.3. The number of nitrogens with zero attached hydrogens (tertiary/aromatic N) is 3. The largest absolute Gasteiger partial charge is 0.748 e. The van der Waals surface area contributed by atoms with Gasteiger partial charge < -0.3 is 4.55 Å². The maximum Gasteiger partial charge on any atom is 0.264 e. The number of aryl methyl sites for hydroxylation is 2. The topological polar surface area (TPSA) is 78.9 Å². The van der Waals surface area contributed by atoms with E-state index in [9.17, 15) is 0 Å². The second-order valence-electron chi connectivity index (χ2n) is 3.23. The van der Waals surface area contributed by atoms with E-state index < -0.39 is 10.1 Å². The summed E-state index contributed by atoms with van der Waals surface area (Å²) in [6.07, 6.45) is 6.85. The van der Waals surface area contributed by atoms with Crippen LogP contribution in [0, 0.1) is 0 Å². The van der Waals surface area contributed by atoms with Gasteiger partial charge in [0.05, 0.1) is 17.2 Å². The Balaban J connectivity index is 0.000000336. The van der Waals surface area contributed by atoms with Crippen LogP contribution in [-0.4, -0.2) is 29.0 Å². The molecule has 0 spiro atoms. The third kappa shape index (κ3) is 11.0. The number of hydrogen-bond donors (Lipinski definition) is 0. The van der Waals surface area contributed by atoms with E-state index >= 15 is 0 Å². The van der Waals surface area contributed by atoms with Crippen LogP contribution in [0.3, 0.4) is 0 Å². The highest BCUT2D eigenvalue weighted by Gasteiger charge is 1.99. The van der Waals surface area contributed by atoms with Crippen molar-refractivity contribution in [2.24, 2.45) is 7.05 Å². The SMILES string of the molecule is CCCCn1c[n+](C)cn1.CS(=O)(=O)[O-]. The van der Waals surface area contributed by atoms with Crippen LogP contribution in [0.5, 0.6) is 0 Å². The van der Waals surface area contributed by atoms with Crippen LogP contribution in [0.4, 0.5) is 0 Å². The summed E-state index contributed by atoms with van der Waals surface area (Å²) in [6, 6.07) is 0. The van der Waals surface area contributed by atoms with E-state index in [1.807, 2.05) is 29.0 Å². The van der Waals surface area contributed by atoms with Gasteiger partial charge in [-0.2, -0.15) is 0 Å². The Morgan fingerprint density at radius 2 is 2.07 bits per heavy atom.